The molecule has 0 aliphatic carbocycles. The number of nitrogens with zero attached hydrogens (tertiary/aromatic N) is 3. The Balaban J connectivity index is 2.35. The highest BCUT2D eigenvalue weighted by molar-refractivity contribution is 8.06. The van der Waals surface area contributed by atoms with Crippen LogP contribution in [0.25, 0.3) is 0 Å². The fourth-order valence-corrected chi connectivity index (χ4v) is 5.01. The van der Waals surface area contributed by atoms with Gasteiger partial charge in [0, 0.05) is 22.2 Å². The van der Waals surface area contributed by atoms with Crippen molar-refractivity contribution in [1.29, 1.82) is 0 Å². The number of nitrogen functional groups attached to an aromatic ring is 1. The first-order valence-electron chi connectivity index (χ1n) is 6.67. The molecule has 0 aromatic carbocycles. The van der Waals surface area contributed by atoms with Gasteiger partial charge >= 0.3 is 0 Å². The summed E-state index contributed by atoms with van der Waals surface area (Å²) in [5.41, 5.74) is 5.77. The van der Waals surface area contributed by atoms with Crippen LogP contribution in [0.5, 0.6) is 0 Å². The second-order valence-corrected chi connectivity index (χ2v) is 8.33. The number of hydrogen-bond acceptors (Lipinski definition) is 6. The molecule has 0 radical (unpaired) electrons. The molecule has 4 nitrogen and oxygen atoms in total. The van der Waals surface area contributed by atoms with E-state index in [1.807, 2.05) is 23.5 Å². The lowest BCUT2D eigenvalue weighted by Crippen LogP contribution is -2.24. The topological polar surface area (TPSA) is 64.7 Å². The number of hydrogen-bond donors (Lipinski definition) is 1. The van der Waals surface area contributed by atoms with Crippen molar-refractivity contribution in [2.45, 2.75) is 50.0 Å². The van der Waals surface area contributed by atoms with Gasteiger partial charge in [0.1, 0.15) is 11.6 Å². The van der Waals surface area contributed by atoms with Crippen LogP contribution in [0.1, 0.15) is 51.0 Å². The molecule has 0 bridgehead atoms. The van der Waals surface area contributed by atoms with Crippen LogP contribution in [0, 0.1) is 0 Å². The Labute approximate surface area is 123 Å². The summed E-state index contributed by atoms with van der Waals surface area (Å²) < 4.78 is 0. The minimum Gasteiger partial charge on any atom is -0.368 e. The van der Waals surface area contributed by atoms with Gasteiger partial charge in [-0.15, -0.1) is 11.8 Å². The highest BCUT2D eigenvalue weighted by Crippen LogP contribution is 2.43. The van der Waals surface area contributed by atoms with E-state index in [0.717, 1.165) is 23.8 Å². The molecule has 2 heterocycles. The molecule has 0 spiro atoms. The minimum absolute atomic E-state index is 0.0972. The lowest BCUT2D eigenvalue weighted by atomic mass is 9.96. The monoisotopic (exact) mass is 298 g/mol. The smallest absolute Gasteiger partial charge is 0.223 e. The Bertz CT molecular complexity index is 445. The van der Waals surface area contributed by atoms with Crippen LogP contribution in [0.4, 0.5) is 5.95 Å². The van der Waals surface area contributed by atoms with E-state index < -0.39 is 0 Å². The second kappa shape index (κ2) is 5.87. The summed E-state index contributed by atoms with van der Waals surface area (Å²) in [6, 6.07) is 0. The fourth-order valence-electron chi connectivity index (χ4n) is 2.01. The van der Waals surface area contributed by atoms with Crippen molar-refractivity contribution in [1.82, 2.24) is 15.0 Å². The lowest BCUT2D eigenvalue weighted by Gasteiger charge is -2.29. The molecular formula is C13H22N4S2. The maximum absolute atomic E-state index is 5.87. The lowest BCUT2D eigenvalue weighted by molar-refractivity contribution is 0.535. The number of anilines is 1. The molecule has 106 valence electrons. The van der Waals surface area contributed by atoms with Crippen molar-refractivity contribution in [2.75, 3.05) is 17.2 Å². The Morgan fingerprint density at radius 3 is 2.47 bits per heavy atom. The molecule has 0 saturated carbocycles. The number of thioether (sulfide) groups is 2. The molecule has 2 unspecified atom stereocenters. The van der Waals surface area contributed by atoms with Gasteiger partial charge in [0.2, 0.25) is 5.95 Å². The van der Waals surface area contributed by atoms with E-state index in [-0.39, 0.29) is 5.41 Å². The van der Waals surface area contributed by atoms with Crippen molar-refractivity contribution in [3.8, 4) is 0 Å². The first kappa shape index (κ1) is 14.9. The van der Waals surface area contributed by atoms with Gasteiger partial charge in [0.05, 0.1) is 5.25 Å². The Kier molecular flexibility index (Phi) is 4.61. The number of aromatic nitrogens is 3. The third-order valence-corrected chi connectivity index (χ3v) is 6.29. The van der Waals surface area contributed by atoms with Crippen LogP contribution in [0.15, 0.2) is 0 Å². The molecule has 19 heavy (non-hydrogen) atoms. The molecule has 1 aliphatic rings. The summed E-state index contributed by atoms with van der Waals surface area (Å²) in [4.78, 5) is 13.4. The van der Waals surface area contributed by atoms with Crippen molar-refractivity contribution < 1.29 is 0 Å². The van der Waals surface area contributed by atoms with Crippen LogP contribution in [0.2, 0.25) is 0 Å². The zero-order valence-electron chi connectivity index (χ0n) is 12.0. The third kappa shape index (κ3) is 3.54. The van der Waals surface area contributed by atoms with Crippen LogP contribution >= 0.6 is 23.5 Å². The zero-order valence-corrected chi connectivity index (χ0v) is 13.6. The van der Waals surface area contributed by atoms with Gasteiger partial charge in [0.25, 0.3) is 0 Å². The quantitative estimate of drug-likeness (QED) is 0.905. The first-order chi connectivity index (χ1) is 8.91. The van der Waals surface area contributed by atoms with Gasteiger partial charge in [-0.1, -0.05) is 27.7 Å². The molecule has 2 atom stereocenters. The van der Waals surface area contributed by atoms with E-state index in [4.69, 9.17) is 10.7 Å². The average Bonchev–Trinajstić information content (AvgIpc) is 2.37. The fraction of sp³-hybridized carbons (Fsp3) is 0.769. The highest BCUT2D eigenvalue weighted by Gasteiger charge is 2.30. The largest absolute Gasteiger partial charge is 0.368 e. The molecule has 1 aromatic rings. The van der Waals surface area contributed by atoms with E-state index in [0.29, 0.717) is 16.4 Å². The second-order valence-electron chi connectivity index (χ2n) is 5.73. The van der Waals surface area contributed by atoms with Crippen LogP contribution in [-0.2, 0) is 5.41 Å². The van der Waals surface area contributed by atoms with Gasteiger partial charge in [-0.25, -0.2) is 4.98 Å². The molecule has 2 rings (SSSR count). The van der Waals surface area contributed by atoms with Crippen LogP contribution < -0.4 is 5.73 Å². The average molecular weight is 298 g/mol. The van der Waals surface area contributed by atoms with E-state index in [1.54, 1.807) is 0 Å². The zero-order chi connectivity index (χ0) is 14.0. The molecule has 1 saturated heterocycles. The van der Waals surface area contributed by atoms with E-state index in [1.165, 1.54) is 5.75 Å². The predicted molar refractivity (Wildman–Crippen MR) is 84.7 cm³/mol. The third-order valence-electron chi connectivity index (χ3n) is 3.05. The Morgan fingerprint density at radius 2 is 1.84 bits per heavy atom. The summed E-state index contributed by atoms with van der Waals surface area (Å²) in [5.74, 6) is 4.37. The number of nitrogens with two attached hydrogens (primary N) is 1. The molecule has 1 aliphatic heterocycles. The predicted octanol–water partition coefficient (Wildman–Crippen LogP) is 3.05. The molecule has 2 N–H and O–H groups in total. The van der Waals surface area contributed by atoms with E-state index in [9.17, 15) is 0 Å². The van der Waals surface area contributed by atoms with Crippen molar-refractivity contribution in [3.63, 3.8) is 0 Å². The Morgan fingerprint density at radius 1 is 1.16 bits per heavy atom. The van der Waals surface area contributed by atoms with Gasteiger partial charge in [0.15, 0.2) is 0 Å². The van der Waals surface area contributed by atoms with Gasteiger partial charge in [-0.05, 0) is 6.42 Å². The molecule has 1 fully saturated rings. The first-order valence-corrected chi connectivity index (χ1v) is 8.76. The van der Waals surface area contributed by atoms with Crippen LogP contribution in [-0.4, -0.2) is 31.7 Å². The summed E-state index contributed by atoms with van der Waals surface area (Å²) >= 11 is 3.97. The van der Waals surface area contributed by atoms with Gasteiger partial charge in [-0.3, -0.25) is 0 Å². The molecule has 6 heteroatoms. The van der Waals surface area contributed by atoms with Gasteiger partial charge in [-0.2, -0.15) is 21.7 Å². The minimum atomic E-state index is -0.0972. The van der Waals surface area contributed by atoms with E-state index in [2.05, 4.69) is 37.7 Å². The van der Waals surface area contributed by atoms with E-state index >= 15 is 0 Å². The maximum atomic E-state index is 5.87. The summed E-state index contributed by atoms with van der Waals surface area (Å²) in [6.07, 6.45) is 1.14. The Hall–Kier alpha value is -0.490. The SMILES string of the molecule is CCC1SCCSC1c1nc(N)nc(C(C)(C)C)n1. The highest BCUT2D eigenvalue weighted by atomic mass is 32.2. The number of rotatable bonds is 2. The normalized spacial score (nSPS) is 24.4. The molecular weight excluding hydrogens is 276 g/mol. The van der Waals surface area contributed by atoms with Crippen LogP contribution in [0.3, 0.4) is 0 Å². The summed E-state index contributed by atoms with van der Waals surface area (Å²) in [6.45, 7) is 8.54. The van der Waals surface area contributed by atoms with Crippen molar-refractivity contribution in [3.05, 3.63) is 11.6 Å². The summed E-state index contributed by atoms with van der Waals surface area (Å²) in [7, 11) is 0. The van der Waals surface area contributed by atoms with Crippen molar-refractivity contribution >= 4 is 29.5 Å². The molecule has 1 aromatic heterocycles. The standard InChI is InChI=1S/C13H22N4S2/c1-5-8-9(19-7-6-18-8)10-15-11(13(2,3)4)17-12(14)16-10/h8-9H,5-7H2,1-4H3,(H2,14,15,16,17). The van der Waals surface area contributed by atoms with Gasteiger partial charge < -0.3 is 5.73 Å². The molecule has 0 amide bonds. The summed E-state index contributed by atoms with van der Waals surface area (Å²) in [5, 5.41) is 0.920. The van der Waals surface area contributed by atoms with Crippen molar-refractivity contribution in [2.24, 2.45) is 0 Å². The maximum Gasteiger partial charge on any atom is 0.223 e.